The molecule has 2 heterocycles. The summed E-state index contributed by atoms with van der Waals surface area (Å²) in [5.41, 5.74) is 3.39. The van der Waals surface area contributed by atoms with Gasteiger partial charge in [0.25, 0.3) is 0 Å². The molecule has 4 atom stereocenters. The summed E-state index contributed by atoms with van der Waals surface area (Å²) in [4.78, 5) is 18.6. The van der Waals surface area contributed by atoms with E-state index >= 15 is 0 Å². The number of benzene rings is 1. The van der Waals surface area contributed by atoms with Crippen LogP contribution in [0.5, 0.6) is 0 Å². The molecule has 1 aromatic heterocycles. The molecule has 2 unspecified atom stereocenters. The van der Waals surface area contributed by atoms with Crippen molar-refractivity contribution in [1.82, 2.24) is 9.88 Å². The zero-order valence-electron chi connectivity index (χ0n) is 15.7. The summed E-state index contributed by atoms with van der Waals surface area (Å²) in [5, 5.41) is 2.91. The van der Waals surface area contributed by atoms with Gasteiger partial charge in [0.15, 0.2) is 0 Å². The van der Waals surface area contributed by atoms with Gasteiger partial charge in [0.05, 0.1) is 18.2 Å². The van der Waals surface area contributed by atoms with E-state index in [-0.39, 0.29) is 30.3 Å². The number of fused-ring (bicyclic) bond motifs is 1. The zero-order chi connectivity index (χ0) is 20.1. The van der Waals surface area contributed by atoms with E-state index in [9.17, 15) is 18.0 Å². The molecule has 1 saturated carbocycles. The van der Waals surface area contributed by atoms with E-state index in [4.69, 9.17) is 0 Å². The number of hydrogen-bond donors (Lipinski definition) is 1. The number of anilines is 1. The van der Waals surface area contributed by atoms with Gasteiger partial charge in [0, 0.05) is 30.0 Å². The van der Waals surface area contributed by atoms with Gasteiger partial charge >= 0.3 is 6.18 Å². The number of aromatic nitrogens is 1. The van der Waals surface area contributed by atoms with Crippen molar-refractivity contribution < 1.29 is 18.0 Å². The number of piperidine rings is 1. The Morgan fingerprint density at radius 1 is 1.29 bits per heavy atom. The van der Waals surface area contributed by atoms with Crippen molar-refractivity contribution in [3.05, 3.63) is 48.2 Å². The monoisotopic (exact) mass is 389 g/mol. The Hall–Kier alpha value is -2.41. The molecule has 1 aliphatic heterocycles. The van der Waals surface area contributed by atoms with E-state index < -0.39 is 18.6 Å². The van der Waals surface area contributed by atoms with Crippen molar-refractivity contribution >= 4 is 11.6 Å². The third-order valence-corrected chi connectivity index (χ3v) is 5.88. The second kappa shape index (κ2) is 6.88. The van der Waals surface area contributed by atoms with Gasteiger partial charge in [-0.25, -0.2) is 0 Å². The van der Waals surface area contributed by atoms with E-state index in [0.29, 0.717) is 5.69 Å². The number of alkyl halides is 3. The Balaban J connectivity index is 1.49. The van der Waals surface area contributed by atoms with Crippen LogP contribution in [0.3, 0.4) is 0 Å². The first-order valence-corrected chi connectivity index (χ1v) is 9.38. The highest BCUT2D eigenvalue weighted by atomic mass is 19.4. The van der Waals surface area contributed by atoms with Crippen molar-refractivity contribution in [1.29, 1.82) is 0 Å². The minimum Gasteiger partial charge on any atom is -0.326 e. The molecule has 148 valence electrons. The van der Waals surface area contributed by atoms with E-state index in [1.54, 1.807) is 6.20 Å². The van der Waals surface area contributed by atoms with Crippen LogP contribution in [-0.2, 0) is 4.79 Å². The molecule has 4 rings (SSSR count). The van der Waals surface area contributed by atoms with Crippen LogP contribution in [0.1, 0.15) is 12.5 Å². The summed E-state index contributed by atoms with van der Waals surface area (Å²) in [6.45, 7) is 3.10. The Labute approximate surface area is 161 Å². The molecule has 1 aromatic carbocycles. The van der Waals surface area contributed by atoms with Gasteiger partial charge in [-0.15, -0.1) is 0 Å². The molecule has 7 heteroatoms. The summed E-state index contributed by atoms with van der Waals surface area (Å²) in [6, 6.07) is 11.1. The van der Waals surface area contributed by atoms with Crippen LogP contribution < -0.4 is 5.32 Å². The minimum atomic E-state index is -4.24. The number of amides is 1. The highest BCUT2D eigenvalue weighted by Gasteiger charge is 2.62. The average Bonchev–Trinajstić information content (AvgIpc) is 3.14. The summed E-state index contributed by atoms with van der Waals surface area (Å²) >= 11 is 0. The number of nitrogens with one attached hydrogen (secondary N) is 1. The molecule has 1 aliphatic carbocycles. The largest absolute Gasteiger partial charge is 0.401 e. The molecule has 1 amide bonds. The number of rotatable bonds is 4. The molecular formula is C21H22F3N3O. The molecule has 1 N–H and O–H groups in total. The van der Waals surface area contributed by atoms with Crippen LogP contribution in [0.25, 0.3) is 11.3 Å². The number of hydrogen-bond acceptors (Lipinski definition) is 3. The third kappa shape index (κ3) is 3.63. The molecule has 2 fully saturated rings. The van der Waals surface area contributed by atoms with Crippen LogP contribution in [-0.4, -0.2) is 41.1 Å². The van der Waals surface area contributed by atoms with E-state index in [1.165, 1.54) is 4.90 Å². The summed E-state index contributed by atoms with van der Waals surface area (Å²) < 4.78 is 38.4. The molecule has 0 radical (unpaired) electrons. The van der Waals surface area contributed by atoms with Crippen LogP contribution in [0.15, 0.2) is 42.6 Å². The first-order chi connectivity index (χ1) is 13.2. The molecule has 0 spiro atoms. The van der Waals surface area contributed by atoms with Gasteiger partial charge in [-0.05, 0) is 48.6 Å². The second-order valence-corrected chi connectivity index (χ2v) is 7.81. The Morgan fingerprint density at radius 3 is 2.75 bits per heavy atom. The summed E-state index contributed by atoms with van der Waals surface area (Å²) in [5.74, 6) is -0.501. The van der Waals surface area contributed by atoms with Gasteiger partial charge in [0.2, 0.25) is 5.91 Å². The molecule has 2 aliphatic rings. The van der Waals surface area contributed by atoms with Crippen molar-refractivity contribution in [2.45, 2.75) is 26.1 Å². The van der Waals surface area contributed by atoms with Crippen LogP contribution in [0.2, 0.25) is 0 Å². The number of pyridine rings is 1. The molecule has 1 saturated heterocycles. The van der Waals surface area contributed by atoms with Crippen LogP contribution in [0, 0.1) is 24.7 Å². The van der Waals surface area contributed by atoms with Crippen LogP contribution in [0.4, 0.5) is 18.9 Å². The maximum Gasteiger partial charge on any atom is 0.401 e. The van der Waals surface area contributed by atoms with Crippen LogP contribution >= 0.6 is 0 Å². The lowest BCUT2D eigenvalue weighted by Gasteiger charge is -2.23. The highest BCUT2D eigenvalue weighted by molar-refractivity contribution is 5.94. The number of halogens is 3. The van der Waals surface area contributed by atoms with Gasteiger partial charge in [-0.2, -0.15) is 13.2 Å². The zero-order valence-corrected chi connectivity index (χ0v) is 15.7. The average molecular weight is 389 g/mol. The molecule has 0 bridgehead atoms. The molecule has 28 heavy (non-hydrogen) atoms. The normalized spacial score (nSPS) is 26.8. The standard InChI is InChI=1S/C21H22F3N3O/c1-12-6-7-14(9-15(12)17-5-3-4-8-25-17)26-20(28)16-10-27(11-21(22,23)24)19-13(2)18(16)19/h3-9,13,16,18-19H,10-11H2,1-2H3,(H,26,28)/t13?,16-,18-,19?/m1/s1. The van der Waals surface area contributed by atoms with Gasteiger partial charge in [0.1, 0.15) is 0 Å². The number of aryl methyl sites for hydroxylation is 1. The number of carbonyl (C=O) groups excluding carboxylic acids is 1. The third-order valence-electron chi connectivity index (χ3n) is 5.88. The second-order valence-electron chi connectivity index (χ2n) is 7.81. The fraction of sp³-hybridized carbons (Fsp3) is 0.429. The van der Waals surface area contributed by atoms with E-state index in [0.717, 1.165) is 16.8 Å². The first kappa shape index (κ1) is 18.9. The summed E-state index contributed by atoms with van der Waals surface area (Å²) in [6.07, 6.45) is -2.53. The number of nitrogens with zero attached hydrogens (tertiary/aromatic N) is 2. The molecule has 2 aromatic rings. The van der Waals surface area contributed by atoms with E-state index in [2.05, 4.69) is 10.3 Å². The Bertz CT molecular complexity index is 884. The Kier molecular flexibility index (Phi) is 4.65. The molecular weight excluding hydrogens is 367 g/mol. The Morgan fingerprint density at radius 2 is 2.07 bits per heavy atom. The van der Waals surface area contributed by atoms with Gasteiger partial charge in [-0.3, -0.25) is 14.7 Å². The van der Waals surface area contributed by atoms with Crippen molar-refractivity contribution in [2.24, 2.45) is 17.8 Å². The highest BCUT2D eigenvalue weighted by Crippen LogP contribution is 2.54. The van der Waals surface area contributed by atoms with Crippen molar-refractivity contribution in [3.63, 3.8) is 0 Å². The minimum absolute atomic E-state index is 0.00283. The first-order valence-electron chi connectivity index (χ1n) is 9.38. The fourth-order valence-electron chi connectivity index (χ4n) is 4.54. The smallest absolute Gasteiger partial charge is 0.326 e. The SMILES string of the molecule is Cc1ccc(NC(=O)[C@@H]2CN(CC(F)(F)F)C3C(C)[C@@H]32)cc1-c1ccccn1. The number of carbonyl (C=O) groups is 1. The van der Waals surface area contributed by atoms with E-state index in [1.807, 2.05) is 50.2 Å². The quantitative estimate of drug-likeness (QED) is 0.856. The van der Waals surface area contributed by atoms with Crippen molar-refractivity contribution in [2.75, 3.05) is 18.4 Å². The lowest BCUT2D eigenvalue weighted by molar-refractivity contribution is -0.147. The molecule has 4 nitrogen and oxygen atoms in total. The van der Waals surface area contributed by atoms with Gasteiger partial charge < -0.3 is 5.32 Å². The predicted molar refractivity (Wildman–Crippen MR) is 101 cm³/mol. The maximum atomic E-state index is 12.8. The van der Waals surface area contributed by atoms with Gasteiger partial charge in [-0.1, -0.05) is 19.1 Å². The maximum absolute atomic E-state index is 12.8. The van der Waals surface area contributed by atoms with Crippen molar-refractivity contribution in [3.8, 4) is 11.3 Å². The fourth-order valence-corrected chi connectivity index (χ4v) is 4.54. The predicted octanol–water partition coefficient (Wildman–Crippen LogP) is 4.12. The lowest BCUT2D eigenvalue weighted by Crippen LogP contribution is -2.38. The topological polar surface area (TPSA) is 45.2 Å². The lowest BCUT2D eigenvalue weighted by atomic mass is 10.0. The number of likely N-dealkylation sites (tertiary alicyclic amines) is 1. The summed E-state index contributed by atoms with van der Waals surface area (Å²) in [7, 11) is 0.